The van der Waals surface area contributed by atoms with Crippen molar-refractivity contribution in [3.63, 3.8) is 0 Å². The summed E-state index contributed by atoms with van der Waals surface area (Å²) in [5.41, 5.74) is 2.37. The Labute approximate surface area is 240 Å². The molecule has 5 aromatic rings. The molecule has 42 heavy (non-hydrogen) atoms. The van der Waals surface area contributed by atoms with Crippen molar-refractivity contribution in [2.75, 3.05) is 29.9 Å². The smallest absolute Gasteiger partial charge is 0.246 e. The number of carbonyl (C=O) groups is 1. The van der Waals surface area contributed by atoms with E-state index >= 15 is 4.39 Å². The molecule has 2 fully saturated rings. The number of benzene rings is 1. The van der Waals surface area contributed by atoms with E-state index in [0.29, 0.717) is 65.1 Å². The van der Waals surface area contributed by atoms with Gasteiger partial charge in [0, 0.05) is 37.5 Å². The number of nitrogens with one attached hydrogen (secondary N) is 1. The number of ether oxygens (including phenoxy) is 1. The molecule has 0 unspecified atom stereocenters. The van der Waals surface area contributed by atoms with Crippen molar-refractivity contribution in [3.05, 3.63) is 79.3 Å². The van der Waals surface area contributed by atoms with Gasteiger partial charge in [-0.3, -0.25) is 4.79 Å². The normalized spacial score (nSPS) is 17.0. The molecule has 7 rings (SSSR count). The summed E-state index contributed by atoms with van der Waals surface area (Å²) in [4.78, 5) is 34.4. The fourth-order valence-electron chi connectivity index (χ4n) is 5.48. The Morgan fingerprint density at radius 2 is 2.00 bits per heavy atom. The number of aromatic nitrogens is 6. The lowest BCUT2D eigenvalue weighted by Crippen LogP contribution is -2.56. The first-order valence-corrected chi connectivity index (χ1v) is 13.8. The molecule has 1 saturated heterocycles. The van der Waals surface area contributed by atoms with E-state index in [-0.39, 0.29) is 17.6 Å². The lowest BCUT2D eigenvalue weighted by molar-refractivity contribution is -0.129. The maximum Gasteiger partial charge on any atom is 0.246 e. The predicted octanol–water partition coefficient (Wildman–Crippen LogP) is 4.66. The van der Waals surface area contributed by atoms with Crippen molar-refractivity contribution >= 4 is 39.9 Å². The van der Waals surface area contributed by atoms with Crippen molar-refractivity contribution in [1.82, 2.24) is 34.4 Å². The van der Waals surface area contributed by atoms with E-state index in [1.807, 2.05) is 17.0 Å². The van der Waals surface area contributed by atoms with Crippen LogP contribution in [0.5, 0.6) is 11.5 Å². The van der Waals surface area contributed by atoms with Crippen LogP contribution in [0, 0.1) is 18.7 Å². The number of rotatable bonds is 7. The van der Waals surface area contributed by atoms with Gasteiger partial charge in [0.05, 0.1) is 17.2 Å². The standard InChI is InChI=1S/C30H28FN9O2/c1-3-27(41)39-13-12-38(15-23(39)19-4-5-19)25-9-7-22-29(37-25)30(34-16-32-22)36-21-6-8-24(18(2)28(21)31)42-20-10-11-40-26(14-20)33-17-35-40/h3,6-11,14,16-17,19,23H,1,4-5,12-13,15H2,2H3,(H,32,34,36)/t23-/m1/s1. The molecule has 0 spiro atoms. The molecule has 2 aliphatic rings. The number of hydrogen-bond acceptors (Lipinski definition) is 9. The van der Waals surface area contributed by atoms with Gasteiger partial charge in [0.1, 0.15) is 35.5 Å². The van der Waals surface area contributed by atoms with Crippen LogP contribution in [0.25, 0.3) is 16.7 Å². The van der Waals surface area contributed by atoms with Gasteiger partial charge in [0.25, 0.3) is 0 Å². The van der Waals surface area contributed by atoms with Crippen LogP contribution in [0.1, 0.15) is 18.4 Å². The molecular weight excluding hydrogens is 537 g/mol. The number of amides is 1. The average Bonchev–Trinajstić information content (AvgIpc) is 3.77. The van der Waals surface area contributed by atoms with E-state index in [0.717, 1.165) is 18.7 Å². The molecule has 212 valence electrons. The maximum absolute atomic E-state index is 15.6. The van der Waals surface area contributed by atoms with E-state index < -0.39 is 5.82 Å². The molecule has 5 heterocycles. The zero-order valence-corrected chi connectivity index (χ0v) is 22.9. The second-order valence-electron chi connectivity index (χ2n) is 10.5. The van der Waals surface area contributed by atoms with Crippen molar-refractivity contribution in [1.29, 1.82) is 0 Å². The molecule has 1 aliphatic carbocycles. The van der Waals surface area contributed by atoms with E-state index in [2.05, 4.69) is 36.8 Å². The predicted molar refractivity (Wildman–Crippen MR) is 155 cm³/mol. The number of anilines is 3. The minimum Gasteiger partial charge on any atom is -0.457 e. The third kappa shape index (κ3) is 4.74. The maximum atomic E-state index is 15.6. The number of hydrogen-bond donors (Lipinski definition) is 1. The highest BCUT2D eigenvalue weighted by atomic mass is 19.1. The largest absolute Gasteiger partial charge is 0.457 e. The minimum absolute atomic E-state index is 0.0250. The van der Waals surface area contributed by atoms with Crippen molar-refractivity contribution in [3.8, 4) is 11.5 Å². The Morgan fingerprint density at radius 1 is 1.12 bits per heavy atom. The molecule has 1 aliphatic heterocycles. The van der Waals surface area contributed by atoms with Crippen LogP contribution >= 0.6 is 0 Å². The highest BCUT2D eigenvalue weighted by Crippen LogP contribution is 2.38. The summed E-state index contributed by atoms with van der Waals surface area (Å²) < 4.78 is 23.2. The molecule has 4 aromatic heterocycles. The van der Waals surface area contributed by atoms with E-state index in [1.54, 1.807) is 41.9 Å². The van der Waals surface area contributed by atoms with Crippen LogP contribution in [0.15, 0.2) is 67.9 Å². The van der Waals surface area contributed by atoms with Gasteiger partial charge in [-0.1, -0.05) is 6.58 Å². The van der Waals surface area contributed by atoms with Gasteiger partial charge >= 0.3 is 0 Å². The Hall–Kier alpha value is -5.13. The van der Waals surface area contributed by atoms with Gasteiger partial charge in [-0.25, -0.2) is 28.8 Å². The second-order valence-corrected chi connectivity index (χ2v) is 10.5. The molecule has 1 N–H and O–H groups in total. The summed E-state index contributed by atoms with van der Waals surface area (Å²) >= 11 is 0. The topological polar surface area (TPSA) is 114 Å². The highest BCUT2D eigenvalue weighted by Gasteiger charge is 2.40. The summed E-state index contributed by atoms with van der Waals surface area (Å²) in [5.74, 6) is 2.08. The quantitative estimate of drug-likeness (QED) is 0.281. The number of piperazine rings is 1. The molecule has 1 amide bonds. The first-order chi connectivity index (χ1) is 20.5. The summed E-state index contributed by atoms with van der Waals surface area (Å²) in [5, 5.41) is 7.19. The summed E-state index contributed by atoms with van der Waals surface area (Å²) in [6.45, 7) is 7.28. The lowest BCUT2D eigenvalue weighted by Gasteiger charge is -2.42. The van der Waals surface area contributed by atoms with Crippen molar-refractivity contribution in [2.45, 2.75) is 25.8 Å². The van der Waals surface area contributed by atoms with Crippen LogP contribution in [-0.4, -0.2) is 66.0 Å². The fourth-order valence-corrected chi connectivity index (χ4v) is 5.48. The molecule has 1 saturated carbocycles. The van der Waals surface area contributed by atoms with Crippen LogP contribution in [0.2, 0.25) is 0 Å². The number of fused-ring (bicyclic) bond motifs is 2. The molecule has 0 bridgehead atoms. The number of halogens is 1. The van der Waals surface area contributed by atoms with Crippen LogP contribution < -0.4 is 15.0 Å². The third-order valence-corrected chi connectivity index (χ3v) is 7.90. The van der Waals surface area contributed by atoms with Gasteiger partial charge in [-0.15, -0.1) is 0 Å². The lowest BCUT2D eigenvalue weighted by atomic mass is 10.1. The zero-order chi connectivity index (χ0) is 28.8. The van der Waals surface area contributed by atoms with E-state index in [9.17, 15) is 4.79 Å². The first-order valence-electron chi connectivity index (χ1n) is 13.8. The SMILES string of the molecule is C=CC(=O)N1CCN(c2ccc3ncnc(Nc4ccc(Oc5ccn6ncnc6c5)c(C)c4F)c3n2)C[C@@H]1C1CC1. The average molecular weight is 566 g/mol. The van der Waals surface area contributed by atoms with Crippen molar-refractivity contribution in [2.24, 2.45) is 5.92 Å². The Morgan fingerprint density at radius 3 is 2.83 bits per heavy atom. The fraction of sp³-hybridized carbons (Fsp3) is 0.267. The molecule has 0 radical (unpaired) electrons. The molecular formula is C30H28FN9O2. The monoisotopic (exact) mass is 565 g/mol. The number of carbonyl (C=O) groups excluding carboxylic acids is 1. The van der Waals surface area contributed by atoms with Gasteiger partial charge in [0.2, 0.25) is 5.91 Å². The Bertz CT molecular complexity index is 1840. The minimum atomic E-state index is -0.464. The van der Waals surface area contributed by atoms with Gasteiger partial charge in [0.15, 0.2) is 17.3 Å². The summed E-state index contributed by atoms with van der Waals surface area (Å²) in [6.07, 6.45) is 8.25. The van der Waals surface area contributed by atoms with Crippen LogP contribution in [0.4, 0.5) is 21.7 Å². The van der Waals surface area contributed by atoms with E-state index in [4.69, 9.17) is 9.72 Å². The van der Waals surface area contributed by atoms with Gasteiger partial charge in [-0.2, -0.15) is 5.10 Å². The van der Waals surface area contributed by atoms with Crippen LogP contribution in [0.3, 0.4) is 0 Å². The first kappa shape index (κ1) is 25.8. The molecule has 1 aromatic carbocycles. The second kappa shape index (κ2) is 10.4. The van der Waals surface area contributed by atoms with Crippen molar-refractivity contribution < 1.29 is 13.9 Å². The molecule has 11 nitrogen and oxygen atoms in total. The number of pyridine rings is 2. The van der Waals surface area contributed by atoms with Gasteiger partial charge < -0.3 is 19.9 Å². The van der Waals surface area contributed by atoms with Crippen LogP contribution in [-0.2, 0) is 4.79 Å². The zero-order valence-electron chi connectivity index (χ0n) is 22.9. The third-order valence-electron chi connectivity index (χ3n) is 7.90. The summed E-state index contributed by atoms with van der Waals surface area (Å²) in [7, 11) is 0. The van der Waals surface area contributed by atoms with E-state index in [1.165, 1.54) is 18.7 Å². The Balaban J connectivity index is 1.14. The highest BCUT2D eigenvalue weighted by molar-refractivity contribution is 5.89. The Kier molecular flexibility index (Phi) is 6.37. The summed E-state index contributed by atoms with van der Waals surface area (Å²) in [6, 6.07) is 10.7. The molecule has 1 atom stereocenters. The molecule has 12 heteroatoms. The number of nitrogens with zero attached hydrogens (tertiary/aromatic N) is 8. The van der Waals surface area contributed by atoms with Gasteiger partial charge in [-0.05, 0) is 62.1 Å².